The number of benzene rings is 2. The summed E-state index contributed by atoms with van der Waals surface area (Å²) in [5, 5.41) is 3.07. The molecule has 1 saturated carbocycles. The van der Waals surface area contributed by atoms with Gasteiger partial charge in [-0.25, -0.2) is 0 Å². The summed E-state index contributed by atoms with van der Waals surface area (Å²) in [5.74, 6) is 0.293. The predicted octanol–water partition coefficient (Wildman–Crippen LogP) is 4.97. The average molecular weight is 476 g/mol. The first-order chi connectivity index (χ1) is 16.7. The molecule has 1 spiro atoms. The predicted molar refractivity (Wildman–Crippen MR) is 141 cm³/mol. The highest BCUT2D eigenvalue weighted by atomic mass is 16.2. The first-order valence-corrected chi connectivity index (χ1v) is 13.0. The van der Waals surface area contributed by atoms with Crippen LogP contribution in [-0.4, -0.2) is 48.8 Å². The second kappa shape index (κ2) is 10.1. The molecule has 1 aliphatic carbocycles. The zero-order valence-corrected chi connectivity index (χ0v) is 21.8. The molecule has 1 saturated heterocycles. The number of hydrogen-bond donors (Lipinski definition) is 1. The summed E-state index contributed by atoms with van der Waals surface area (Å²) in [7, 11) is 4.37. The largest absolute Gasteiger partial charge is 0.352 e. The van der Waals surface area contributed by atoms with Crippen LogP contribution in [0.15, 0.2) is 60.7 Å². The van der Waals surface area contributed by atoms with Crippen molar-refractivity contribution in [2.75, 3.05) is 27.2 Å². The third-order valence-corrected chi connectivity index (χ3v) is 8.63. The fourth-order valence-corrected chi connectivity index (χ4v) is 6.00. The van der Waals surface area contributed by atoms with Crippen molar-refractivity contribution in [2.45, 2.75) is 64.5 Å². The molecule has 0 aromatic heterocycles. The van der Waals surface area contributed by atoms with Crippen molar-refractivity contribution in [1.82, 2.24) is 15.1 Å². The standard InChI is InChI=1S/C30H41N3O2/c1-28(2,27(35)31-22-24-11-7-5-8-12-24)19-20-33-23-29(21-26(33)34)15-17-30(18-16-29,32(3)4)25-13-9-6-10-14-25/h5-14H,15-23H2,1-4H3,(H,31,35)/t29-,30-. The lowest BCUT2D eigenvalue weighted by molar-refractivity contribution is -0.132. The SMILES string of the molecule is CN(C)[C@]1(c2ccccc2)CC[C@@]2(CC1)CC(=O)N(CCC(C)(C)C(=O)NCc1ccccc1)C2. The van der Waals surface area contributed by atoms with Crippen LogP contribution in [-0.2, 0) is 21.7 Å². The molecule has 2 fully saturated rings. The molecule has 0 bridgehead atoms. The Labute approximate surface area is 210 Å². The molecule has 35 heavy (non-hydrogen) atoms. The normalized spacial score (nSPS) is 24.8. The summed E-state index contributed by atoms with van der Waals surface area (Å²) in [6.07, 6.45) is 5.57. The Kier molecular flexibility index (Phi) is 7.37. The second-order valence-electron chi connectivity index (χ2n) is 11.6. The van der Waals surface area contributed by atoms with E-state index in [1.54, 1.807) is 0 Å². The molecule has 2 aromatic rings. The minimum Gasteiger partial charge on any atom is -0.352 e. The second-order valence-corrected chi connectivity index (χ2v) is 11.6. The maximum Gasteiger partial charge on any atom is 0.225 e. The number of amides is 2. The Hall–Kier alpha value is -2.66. The third-order valence-electron chi connectivity index (χ3n) is 8.63. The molecule has 0 radical (unpaired) electrons. The smallest absolute Gasteiger partial charge is 0.225 e. The van der Waals surface area contributed by atoms with E-state index in [9.17, 15) is 9.59 Å². The first kappa shape index (κ1) is 25.4. The van der Waals surface area contributed by atoms with E-state index in [1.165, 1.54) is 5.56 Å². The Morgan fingerprint density at radius 3 is 2.17 bits per heavy atom. The first-order valence-electron chi connectivity index (χ1n) is 13.0. The van der Waals surface area contributed by atoms with E-state index in [4.69, 9.17) is 0 Å². The van der Waals surface area contributed by atoms with Gasteiger partial charge in [-0.15, -0.1) is 0 Å². The topological polar surface area (TPSA) is 52.7 Å². The van der Waals surface area contributed by atoms with E-state index in [1.807, 2.05) is 49.1 Å². The Balaban J connectivity index is 1.33. The van der Waals surface area contributed by atoms with Gasteiger partial charge in [-0.1, -0.05) is 74.5 Å². The van der Waals surface area contributed by atoms with Gasteiger partial charge in [0.25, 0.3) is 0 Å². The molecule has 5 heteroatoms. The Morgan fingerprint density at radius 1 is 0.971 bits per heavy atom. The van der Waals surface area contributed by atoms with Gasteiger partial charge in [-0.05, 0) is 62.7 Å². The van der Waals surface area contributed by atoms with Crippen LogP contribution in [0, 0.1) is 10.8 Å². The lowest BCUT2D eigenvalue weighted by atomic mass is 9.64. The quantitative estimate of drug-likeness (QED) is 0.587. The molecule has 0 unspecified atom stereocenters. The molecule has 1 heterocycles. The van der Waals surface area contributed by atoms with Crippen molar-refractivity contribution in [1.29, 1.82) is 0 Å². The van der Waals surface area contributed by atoms with Crippen molar-refractivity contribution in [3.05, 3.63) is 71.8 Å². The van der Waals surface area contributed by atoms with Crippen molar-refractivity contribution in [3.63, 3.8) is 0 Å². The van der Waals surface area contributed by atoms with E-state index in [2.05, 4.69) is 54.6 Å². The van der Waals surface area contributed by atoms with Crippen molar-refractivity contribution in [2.24, 2.45) is 10.8 Å². The number of carbonyl (C=O) groups excluding carboxylic acids is 2. The molecule has 4 rings (SSSR count). The highest BCUT2D eigenvalue weighted by Gasteiger charge is 2.50. The fourth-order valence-electron chi connectivity index (χ4n) is 6.00. The van der Waals surface area contributed by atoms with Gasteiger partial charge in [-0.3, -0.25) is 14.5 Å². The van der Waals surface area contributed by atoms with Gasteiger partial charge in [-0.2, -0.15) is 0 Å². The van der Waals surface area contributed by atoms with E-state index in [0.29, 0.717) is 25.9 Å². The number of nitrogens with zero attached hydrogens (tertiary/aromatic N) is 2. The van der Waals surface area contributed by atoms with E-state index >= 15 is 0 Å². The van der Waals surface area contributed by atoms with Crippen LogP contribution in [0.2, 0.25) is 0 Å². The van der Waals surface area contributed by atoms with Crippen molar-refractivity contribution in [3.8, 4) is 0 Å². The van der Waals surface area contributed by atoms with Gasteiger partial charge in [0, 0.05) is 37.0 Å². The lowest BCUT2D eigenvalue weighted by Gasteiger charge is -2.49. The summed E-state index contributed by atoms with van der Waals surface area (Å²) < 4.78 is 0. The minimum atomic E-state index is -0.523. The van der Waals surface area contributed by atoms with Crippen LogP contribution >= 0.6 is 0 Å². The Bertz CT molecular complexity index is 1010. The molecule has 1 aliphatic heterocycles. The molecular formula is C30H41N3O2. The molecule has 2 aromatic carbocycles. The summed E-state index contributed by atoms with van der Waals surface area (Å²) >= 11 is 0. The van der Waals surface area contributed by atoms with Gasteiger partial charge >= 0.3 is 0 Å². The van der Waals surface area contributed by atoms with Crippen LogP contribution in [0.5, 0.6) is 0 Å². The van der Waals surface area contributed by atoms with E-state index in [-0.39, 0.29) is 22.8 Å². The van der Waals surface area contributed by atoms with Crippen LogP contribution in [0.4, 0.5) is 0 Å². The third kappa shape index (κ3) is 5.45. The van der Waals surface area contributed by atoms with E-state index < -0.39 is 5.41 Å². The maximum atomic E-state index is 13.0. The molecule has 2 amide bonds. The van der Waals surface area contributed by atoms with Crippen molar-refractivity contribution < 1.29 is 9.59 Å². The highest BCUT2D eigenvalue weighted by molar-refractivity contribution is 5.82. The lowest BCUT2D eigenvalue weighted by Crippen LogP contribution is -2.47. The molecule has 5 nitrogen and oxygen atoms in total. The summed E-state index contributed by atoms with van der Waals surface area (Å²) in [6, 6.07) is 20.8. The molecular weight excluding hydrogens is 434 g/mol. The number of hydrogen-bond acceptors (Lipinski definition) is 3. The number of rotatable bonds is 8. The van der Waals surface area contributed by atoms with E-state index in [0.717, 1.165) is 37.8 Å². The number of likely N-dealkylation sites (tertiary alicyclic amines) is 1. The van der Waals surface area contributed by atoms with Crippen LogP contribution in [0.3, 0.4) is 0 Å². The summed E-state index contributed by atoms with van der Waals surface area (Å²) in [6.45, 7) is 5.96. The fraction of sp³-hybridized carbons (Fsp3) is 0.533. The minimum absolute atomic E-state index is 0.0407. The number of carbonyl (C=O) groups is 2. The Morgan fingerprint density at radius 2 is 1.57 bits per heavy atom. The zero-order chi connectivity index (χ0) is 25.1. The van der Waals surface area contributed by atoms with Crippen LogP contribution in [0.1, 0.15) is 63.5 Å². The van der Waals surface area contributed by atoms with Crippen LogP contribution < -0.4 is 5.32 Å². The van der Waals surface area contributed by atoms with Gasteiger partial charge in [0.15, 0.2) is 0 Å². The molecule has 1 N–H and O–H groups in total. The van der Waals surface area contributed by atoms with Gasteiger partial charge < -0.3 is 10.2 Å². The van der Waals surface area contributed by atoms with Gasteiger partial charge in [0.05, 0.1) is 0 Å². The number of nitrogens with one attached hydrogen (secondary N) is 1. The average Bonchev–Trinajstić information content (AvgIpc) is 3.17. The molecule has 188 valence electrons. The highest BCUT2D eigenvalue weighted by Crippen LogP contribution is 2.52. The summed E-state index contributed by atoms with van der Waals surface area (Å²) in [5.41, 5.74) is 2.07. The monoisotopic (exact) mass is 475 g/mol. The summed E-state index contributed by atoms with van der Waals surface area (Å²) in [4.78, 5) is 30.3. The molecule has 0 atom stereocenters. The van der Waals surface area contributed by atoms with Gasteiger partial charge in [0.2, 0.25) is 11.8 Å². The van der Waals surface area contributed by atoms with Crippen LogP contribution in [0.25, 0.3) is 0 Å². The molecule has 2 aliphatic rings. The zero-order valence-electron chi connectivity index (χ0n) is 21.8. The van der Waals surface area contributed by atoms with Gasteiger partial charge in [0.1, 0.15) is 0 Å². The van der Waals surface area contributed by atoms with Crippen molar-refractivity contribution >= 4 is 11.8 Å². The maximum absolute atomic E-state index is 13.0.